The molecule has 6 rings (SSSR count). The maximum absolute atomic E-state index is 14.9. The lowest BCUT2D eigenvalue weighted by Gasteiger charge is -2.22. The molecular weight excluding hydrogens is 682 g/mol. The molecule has 3 heterocycles. The molecule has 0 spiro atoms. The number of carbonyl (C=O) groups is 2. The van der Waals surface area contributed by atoms with Gasteiger partial charge in [0.1, 0.15) is 22.3 Å². The van der Waals surface area contributed by atoms with Crippen molar-refractivity contribution in [3.05, 3.63) is 116 Å². The minimum atomic E-state index is -0.824. The predicted octanol–water partition coefficient (Wildman–Crippen LogP) is 5.19. The SMILES string of the molecule is CCNC=O.CNc1ccc(-c2sc3c(c2CN(C)CCN2CCCC2=O)c(=O)n(-c2ccc(F)cc2)c(=O)n3Cc2c(F)cccc2F)cc1. The minimum absolute atomic E-state index is 0.117. The Morgan fingerprint density at radius 2 is 1.63 bits per heavy atom. The first-order chi connectivity index (χ1) is 24.6. The third-order valence-electron chi connectivity index (χ3n) is 8.61. The van der Waals surface area contributed by atoms with Gasteiger partial charge in [-0.25, -0.2) is 22.5 Å². The van der Waals surface area contributed by atoms with Gasteiger partial charge >= 0.3 is 5.69 Å². The lowest BCUT2D eigenvalue weighted by atomic mass is 10.1. The first-order valence-electron chi connectivity index (χ1n) is 16.5. The molecule has 1 aliphatic heterocycles. The molecular formula is C37H39F3N6O4S. The van der Waals surface area contributed by atoms with Crippen molar-refractivity contribution in [3.8, 4) is 16.1 Å². The fourth-order valence-corrected chi connectivity index (χ4v) is 7.21. The fourth-order valence-electron chi connectivity index (χ4n) is 5.90. The number of benzene rings is 3. The van der Waals surface area contributed by atoms with Crippen LogP contribution in [0.4, 0.5) is 18.9 Å². The zero-order valence-corrected chi connectivity index (χ0v) is 29.4. The molecule has 51 heavy (non-hydrogen) atoms. The summed E-state index contributed by atoms with van der Waals surface area (Å²) < 4.78 is 45.9. The number of rotatable bonds is 12. The van der Waals surface area contributed by atoms with Crippen LogP contribution in [0.1, 0.15) is 30.9 Å². The molecule has 0 bridgehead atoms. The number of hydrogen-bond donors (Lipinski definition) is 2. The summed E-state index contributed by atoms with van der Waals surface area (Å²) in [6.07, 6.45) is 2.04. The van der Waals surface area contributed by atoms with E-state index in [1.807, 2.05) is 48.0 Å². The smallest absolute Gasteiger partial charge is 0.337 e. The molecule has 0 saturated carbocycles. The van der Waals surface area contributed by atoms with Gasteiger partial charge in [0.15, 0.2) is 0 Å². The van der Waals surface area contributed by atoms with Crippen LogP contribution in [0.15, 0.2) is 76.3 Å². The molecule has 1 fully saturated rings. The van der Waals surface area contributed by atoms with Crippen molar-refractivity contribution in [1.82, 2.24) is 24.3 Å². The Kier molecular flexibility index (Phi) is 12.1. The van der Waals surface area contributed by atoms with E-state index in [9.17, 15) is 32.3 Å². The Bertz CT molecular complexity index is 2110. The van der Waals surface area contributed by atoms with Crippen LogP contribution in [0.25, 0.3) is 26.3 Å². The fraction of sp³-hybridized carbons (Fsp3) is 0.297. The number of aromatic nitrogens is 2. The molecule has 2 N–H and O–H groups in total. The molecule has 1 saturated heterocycles. The number of anilines is 1. The Labute approximate surface area is 296 Å². The number of amides is 2. The molecule has 5 aromatic rings. The van der Waals surface area contributed by atoms with E-state index >= 15 is 0 Å². The number of nitrogens with zero attached hydrogens (tertiary/aromatic N) is 4. The number of carbonyl (C=O) groups excluding carboxylic acids is 2. The normalized spacial score (nSPS) is 12.7. The summed E-state index contributed by atoms with van der Waals surface area (Å²) >= 11 is 1.20. The predicted molar refractivity (Wildman–Crippen MR) is 194 cm³/mol. The van der Waals surface area contributed by atoms with Crippen LogP contribution in [0.5, 0.6) is 0 Å². The van der Waals surface area contributed by atoms with Crippen molar-refractivity contribution in [3.63, 3.8) is 0 Å². The number of hydrogen-bond acceptors (Lipinski definition) is 7. The van der Waals surface area contributed by atoms with Crippen molar-refractivity contribution in [1.29, 1.82) is 0 Å². The average Bonchev–Trinajstić information content (AvgIpc) is 3.71. The van der Waals surface area contributed by atoms with Crippen molar-refractivity contribution >= 4 is 39.6 Å². The second-order valence-electron chi connectivity index (χ2n) is 12.0. The number of likely N-dealkylation sites (N-methyl/N-ethyl adjacent to an activating group) is 1. The number of fused-ring (bicyclic) bond motifs is 1. The van der Waals surface area contributed by atoms with E-state index in [4.69, 9.17) is 0 Å². The van der Waals surface area contributed by atoms with Crippen LogP contribution in [-0.2, 0) is 22.7 Å². The largest absolute Gasteiger partial charge is 0.388 e. The van der Waals surface area contributed by atoms with E-state index in [1.165, 1.54) is 34.1 Å². The van der Waals surface area contributed by atoms with Crippen LogP contribution in [0.2, 0.25) is 0 Å². The highest BCUT2D eigenvalue weighted by Gasteiger charge is 2.26. The zero-order chi connectivity index (χ0) is 36.7. The highest BCUT2D eigenvalue weighted by atomic mass is 32.1. The third-order valence-corrected chi connectivity index (χ3v) is 9.91. The van der Waals surface area contributed by atoms with Crippen molar-refractivity contribution in [2.45, 2.75) is 32.9 Å². The molecule has 0 aliphatic carbocycles. The first kappa shape index (κ1) is 37.1. The van der Waals surface area contributed by atoms with E-state index in [0.29, 0.717) is 38.0 Å². The van der Waals surface area contributed by atoms with Crippen LogP contribution >= 0.6 is 11.3 Å². The van der Waals surface area contributed by atoms with Crippen molar-refractivity contribution in [2.75, 3.05) is 45.6 Å². The maximum atomic E-state index is 14.9. The second kappa shape index (κ2) is 16.7. The van der Waals surface area contributed by atoms with Gasteiger partial charge in [-0.2, -0.15) is 0 Å². The van der Waals surface area contributed by atoms with Crippen molar-refractivity contribution < 1.29 is 22.8 Å². The number of thiophene rings is 1. The van der Waals surface area contributed by atoms with Gasteiger partial charge in [-0.3, -0.25) is 19.0 Å². The Hall–Kier alpha value is -5.21. The molecule has 10 nitrogen and oxygen atoms in total. The number of nitrogens with one attached hydrogen (secondary N) is 2. The molecule has 0 atom stereocenters. The van der Waals surface area contributed by atoms with Gasteiger partial charge in [0, 0.05) is 62.3 Å². The second-order valence-corrected chi connectivity index (χ2v) is 13.0. The van der Waals surface area contributed by atoms with E-state index in [0.717, 1.165) is 57.9 Å². The molecule has 2 amide bonds. The standard InChI is InChI=1S/C34H32F3N5O3S.C3H7NO/c1-38-23-12-8-21(9-13-23)31-26(19-39(2)17-18-40-16-4-7-29(40)43)30-32(44)42(24-14-10-22(35)11-15-24)34(45)41(33(30)46-31)20-25-27(36)5-3-6-28(25)37;1-2-4-3-5/h3,5-6,8-15,38H,4,7,16-20H2,1-2H3;3H,2H2,1H3,(H,4,5). The van der Waals surface area contributed by atoms with Gasteiger partial charge in [-0.05, 0) is 80.1 Å². The first-order valence-corrected chi connectivity index (χ1v) is 17.3. The Morgan fingerprint density at radius 1 is 0.941 bits per heavy atom. The topological polar surface area (TPSA) is 109 Å². The van der Waals surface area contributed by atoms with E-state index in [2.05, 4.69) is 10.6 Å². The van der Waals surface area contributed by atoms with Gasteiger partial charge < -0.3 is 20.4 Å². The van der Waals surface area contributed by atoms with E-state index < -0.39 is 35.2 Å². The van der Waals surface area contributed by atoms with Gasteiger partial charge in [-0.15, -0.1) is 11.3 Å². The van der Waals surface area contributed by atoms with Crippen LogP contribution in [-0.4, -0.2) is 71.5 Å². The minimum Gasteiger partial charge on any atom is -0.388 e. The lowest BCUT2D eigenvalue weighted by Crippen LogP contribution is -2.39. The maximum Gasteiger partial charge on any atom is 0.337 e. The van der Waals surface area contributed by atoms with Crippen LogP contribution < -0.4 is 21.9 Å². The Morgan fingerprint density at radius 3 is 2.20 bits per heavy atom. The molecule has 0 radical (unpaired) electrons. The van der Waals surface area contributed by atoms with E-state index in [1.54, 1.807) is 7.05 Å². The molecule has 0 unspecified atom stereocenters. The molecule has 268 valence electrons. The summed E-state index contributed by atoms with van der Waals surface area (Å²) in [5.41, 5.74) is 0.681. The van der Waals surface area contributed by atoms with Gasteiger partial charge in [0.2, 0.25) is 12.3 Å². The summed E-state index contributed by atoms with van der Waals surface area (Å²) in [5, 5.41) is 5.74. The van der Waals surface area contributed by atoms with Crippen LogP contribution in [0, 0.1) is 17.5 Å². The Balaban J connectivity index is 0.000000943. The molecule has 3 aromatic carbocycles. The summed E-state index contributed by atoms with van der Waals surface area (Å²) in [5.74, 6) is -2.08. The van der Waals surface area contributed by atoms with Gasteiger partial charge in [0.25, 0.3) is 5.56 Å². The lowest BCUT2D eigenvalue weighted by molar-refractivity contribution is -0.127. The monoisotopic (exact) mass is 720 g/mol. The molecule has 1 aliphatic rings. The summed E-state index contributed by atoms with van der Waals surface area (Å²) in [6, 6.07) is 16.0. The quantitative estimate of drug-likeness (QED) is 0.172. The summed E-state index contributed by atoms with van der Waals surface area (Å²) in [6.45, 7) is 4.18. The summed E-state index contributed by atoms with van der Waals surface area (Å²) in [7, 11) is 3.69. The van der Waals surface area contributed by atoms with E-state index in [-0.39, 0.29) is 33.9 Å². The average molecular weight is 721 g/mol. The van der Waals surface area contributed by atoms with Gasteiger partial charge in [-0.1, -0.05) is 18.2 Å². The number of halogens is 3. The highest BCUT2D eigenvalue weighted by molar-refractivity contribution is 7.22. The third kappa shape index (κ3) is 8.24. The highest BCUT2D eigenvalue weighted by Crippen LogP contribution is 2.38. The zero-order valence-electron chi connectivity index (χ0n) is 28.5. The summed E-state index contributed by atoms with van der Waals surface area (Å²) in [4.78, 5) is 54.8. The van der Waals surface area contributed by atoms with Gasteiger partial charge in [0.05, 0.1) is 17.6 Å². The molecule has 14 heteroatoms. The molecule has 2 aromatic heterocycles. The van der Waals surface area contributed by atoms with Crippen LogP contribution in [0.3, 0.4) is 0 Å². The van der Waals surface area contributed by atoms with Crippen molar-refractivity contribution in [2.24, 2.45) is 0 Å². The number of likely N-dealkylation sites (tertiary alicyclic amines) is 1.